The number of sulfonamides is 1. The van der Waals surface area contributed by atoms with Crippen molar-refractivity contribution in [3.05, 3.63) is 53.1 Å². The first kappa shape index (κ1) is 17.8. The van der Waals surface area contributed by atoms with Gasteiger partial charge in [-0.25, -0.2) is 0 Å². The van der Waals surface area contributed by atoms with Crippen LogP contribution in [0.4, 0.5) is 11.4 Å². The fourth-order valence-electron chi connectivity index (χ4n) is 2.22. The summed E-state index contributed by atoms with van der Waals surface area (Å²) in [6, 6.07) is 11.7. The lowest BCUT2D eigenvalue weighted by atomic mass is 10.2. The van der Waals surface area contributed by atoms with E-state index in [1.165, 1.54) is 6.07 Å². The molecule has 1 amide bonds. The maximum absolute atomic E-state index is 12.1. The lowest BCUT2D eigenvalue weighted by molar-refractivity contribution is -0.113. The zero-order valence-corrected chi connectivity index (χ0v) is 15.5. The molecule has 2 aromatic carbocycles. The third kappa shape index (κ3) is 3.97. The summed E-state index contributed by atoms with van der Waals surface area (Å²) in [5.41, 5.74) is 1.84. The van der Waals surface area contributed by atoms with Crippen LogP contribution in [-0.2, 0) is 14.8 Å². The molecule has 1 aliphatic rings. The van der Waals surface area contributed by atoms with E-state index in [0.717, 1.165) is 17.3 Å². The van der Waals surface area contributed by atoms with Crippen LogP contribution in [0.1, 0.15) is 5.56 Å². The number of carbonyl (C=O) groups excluding carboxylic acids is 1. The van der Waals surface area contributed by atoms with Crippen LogP contribution in [0.3, 0.4) is 0 Å². The highest BCUT2D eigenvalue weighted by molar-refractivity contribution is 8.15. The number of fused-ring (bicyclic) bond motifs is 1. The Balaban J connectivity index is 1.67. The summed E-state index contributed by atoms with van der Waals surface area (Å²) < 4.78 is 28.0. The number of benzene rings is 2. The summed E-state index contributed by atoms with van der Waals surface area (Å²) in [5.74, 6) is -0.272. The summed E-state index contributed by atoms with van der Waals surface area (Å²) in [7, 11) is -3.75. The Labute approximate surface area is 154 Å². The monoisotopic (exact) mass is 395 g/mol. The highest BCUT2D eigenvalue weighted by Gasteiger charge is 2.24. The highest BCUT2D eigenvalue weighted by atomic mass is 35.5. The van der Waals surface area contributed by atoms with Crippen LogP contribution in [0.15, 0.2) is 51.8 Å². The molecule has 0 aliphatic carbocycles. The van der Waals surface area contributed by atoms with E-state index in [9.17, 15) is 13.2 Å². The van der Waals surface area contributed by atoms with Crippen LogP contribution >= 0.6 is 23.4 Å². The van der Waals surface area contributed by atoms with Crippen LogP contribution in [-0.4, -0.2) is 25.2 Å². The molecule has 0 spiro atoms. The number of halogens is 1. The average molecular weight is 396 g/mol. The largest absolute Gasteiger partial charge is 0.333 e. The van der Waals surface area contributed by atoms with Crippen molar-refractivity contribution in [1.82, 2.24) is 0 Å². The molecule has 0 saturated carbocycles. The first-order valence-electron chi connectivity index (χ1n) is 7.25. The zero-order valence-electron chi connectivity index (χ0n) is 13.1. The number of para-hydroxylation sites is 1. The maximum atomic E-state index is 12.1. The average Bonchev–Trinajstić information content (AvgIpc) is 2.57. The number of rotatable bonds is 3. The van der Waals surface area contributed by atoms with Gasteiger partial charge in [0.1, 0.15) is 4.90 Å². The van der Waals surface area contributed by atoms with Gasteiger partial charge in [0, 0.05) is 10.7 Å². The van der Waals surface area contributed by atoms with E-state index >= 15 is 0 Å². The minimum Gasteiger partial charge on any atom is -0.333 e. The summed E-state index contributed by atoms with van der Waals surface area (Å²) in [4.78, 5) is 12.2. The quantitative estimate of drug-likeness (QED) is 0.830. The lowest BCUT2D eigenvalue weighted by Crippen LogP contribution is -2.22. The lowest BCUT2D eigenvalue weighted by Gasteiger charge is -2.17. The number of nitrogens with one attached hydrogen (secondary N) is 2. The van der Waals surface area contributed by atoms with Crippen molar-refractivity contribution in [1.29, 1.82) is 0 Å². The normalized spacial score (nSPS) is 14.9. The molecule has 2 aromatic rings. The molecule has 130 valence electrons. The van der Waals surface area contributed by atoms with Crippen LogP contribution in [0.5, 0.6) is 0 Å². The smallest absolute Gasteiger partial charge is 0.286 e. The second-order valence-electron chi connectivity index (χ2n) is 5.24. The standard InChI is InChI=1S/C16H14ClN3O3S2/c1-10-11(17)5-4-7-12(10)18-15(21)9-24-16-19-13-6-2-3-8-14(13)25(22,23)20-16/h2-8H,9H2,1H3,(H,18,21)(H,19,20). The van der Waals surface area contributed by atoms with E-state index in [4.69, 9.17) is 11.6 Å². The van der Waals surface area contributed by atoms with Crippen molar-refractivity contribution in [2.45, 2.75) is 11.8 Å². The number of thioether (sulfide) groups is 1. The Hall–Kier alpha value is -2.03. The SMILES string of the molecule is Cc1c(Cl)cccc1NC(=O)CSC1=NS(=O)(=O)c2ccccc2N1. The van der Waals surface area contributed by atoms with E-state index in [1.54, 1.807) is 43.3 Å². The van der Waals surface area contributed by atoms with Crippen LogP contribution in [0, 0.1) is 6.92 Å². The molecule has 25 heavy (non-hydrogen) atoms. The molecule has 0 aromatic heterocycles. The van der Waals surface area contributed by atoms with Crippen LogP contribution in [0.2, 0.25) is 5.02 Å². The number of carbonyl (C=O) groups is 1. The molecular formula is C16H14ClN3O3S2. The predicted molar refractivity (Wildman–Crippen MR) is 102 cm³/mol. The van der Waals surface area contributed by atoms with Crippen molar-refractivity contribution in [3.8, 4) is 0 Å². The fourth-order valence-corrected chi connectivity index (χ4v) is 4.43. The number of hydrogen-bond acceptors (Lipinski definition) is 5. The van der Waals surface area contributed by atoms with Gasteiger partial charge >= 0.3 is 0 Å². The second kappa shape index (κ2) is 7.07. The van der Waals surface area contributed by atoms with Crippen molar-refractivity contribution < 1.29 is 13.2 Å². The van der Waals surface area contributed by atoms with Crippen LogP contribution < -0.4 is 10.6 Å². The number of amidine groups is 1. The number of anilines is 2. The van der Waals surface area contributed by atoms with Gasteiger partial charge in [-0.2, -0.15) is 8.42 Å². The molecule has 6 nitrogen and oxygen atoms in total. The van der Waals surface area contributed by atoms with E-state index in [2.05, 4.69) is 15.0 Å². The molecule has 0 fully saturated rings. The van der Waals surface area contributed by atoms with Gasteiger partial charge in [0.15, 0.2) is 5.17 Å². The van der Waals surface area contributed by atoms with Crippen molar-refractivity contribution in [2.24, 2.45) is 4.40 Å². The van der Waals surface area contributed by atoms with Gasteiger partial charge in [-0.3, -0.25) is 4.79 Å². The predicted octanol–water partition coefficient (Wildman–Crippen LogP) is 3.49. The van der Waals surface area contributed by atoms with Gasteiger partial charge < -0.3 is 10.6 Å². The Bertz CT molecular complexity index is 974. The first-order chi connectivity index (χ1) is 11.9. The minimum atomic E-state index is -3.75. The summed E-state index contributed by atoms with van der Waals surface area (Å²) in [6.45, 7) is 1.81. The van der Waals surface area contributed by atoms with Crippen molar-refractivity contribution in [3.63, 3.8) is 0 Å². The molecular weight excluding hydrogens is 382 g/mol. The van der Waals surface area contributed by atoms with E-state index < -0.39 is 10.0 Å². The fraction of sp³-hybridized carbons (Fsp3) is 0.125. The molecule has 1 heterocycles. The molecule has 9 heteroatoms. The second-order valence-corrected chi connectivity index (χ2v) is 8.19. The topological polar surface area (TPSA) is 87.6 Å². The Morgan fingerprint density at radius 3 is 2.80 bits per heavy atom. The van der Waals surface area contributed by atoms with Gasteiger partial charge in [-0.1, -0.05) is 41.6 Å². The van der Waals surface area contributed by atoms with Gasteiger partial charge in [0.05, 0.1) is 11.4 Å². The third-order valence-corrected chi connectivity index (χ3v) is 6.22. The van der Waals surface area contributed by atoms with Gasteiger partial charge in [0.25, 0.3) is 10.0 Å². The summed E-state index contributed by atoms with van der Waals surface area (Å²) in [6.07, 6.45) is 0. The van der Waals surface area contributed by atoms with Crippen LogP contribution in [0.25, 0.3) is 0 Å². The molecule has 0 bridgehead atoms. The Kier molecular flexibility index (Phi) is 5.03. The zero-order chi connectivity index (χ0) is 18.0. The molecule has 0 radical (unpaired) electrons. The van der Waals surface area contributed by atoms with Gasteiger partial charge in [-0.15, -0.1) is 4.40 Å². The number of amides is 1. The van der Waals surface area contributed by atoms with Crippen molar-refractivity contribution >= 4 is 55.8 Å². The van der Waals surface area contributed by atoms with E-state index in [1.807, 2.05) is 0 Å². The molecule has 0 unspecified atom stereocenters. The molecule has 0 saturated heterocycles. The highest BCUT2D eigenvalue weighted by Crippen LogP contribution is 2.29. The van der Waals surface area contributed by atoms with Gasteiger partial charge in [0.2, 0.25) is 5.91 Å². The van der Waals surface area contributed by atoms with E-state index in [0.29, 0.717) is 16.4 Å². The third-order valence-electron chi connectivity index (χ3n) is 3.49. The maximum Gasteiger partial charge on any atom is 0.286 e. The first-order valence-corrected chi connectivity index (χ1v) is 10.1. The minimum absolute atomic E-state index is 0.00940. The van der Waals surface area contributed by atoms with E-state index in [-0.39, 0.29) is 21.7 Å². The summed E-state index contributed by atoms with van der Waals surface area (Å²) in [5, 5.41) is 6.40. The number of hydrogen-bond donors (Lipinski definition) is 2. The Morgan fingerprint density at radius 1 is 1.24 bits per heavy atom. The molecule has 0 atom stereocenters. The molecule has 3 rings (SSSR count). The van der Waals surface area contributed by atoms with Gasteiger partial charge in [-0.05, 0) is 36.8 Å². The van der Waals surface area contributed by atoms with Crippen molar-refractivity contribution in [2.75, 3.05) is 16.4 Å². The Morgan fingerprint density at radius 2 is 2.00 bits per heavy atom. The number of nitrogens with zero attached hydrogens (tertiary/aromatic N) is 1. The molecule has 2 N–H and O–H groups in total. The molecule has 1 aliphatic heterocycles. The summed E-state index contributed by atoms with van der Waals surface area (Å²) >= 11 is 7.04.